The molecule has 1 heterocycles. The molecule has 2 aromatic carbocycles. The van der Waals surface area contributed by atoms with Gasteiger partial charge in [0.15, 0.2) is 0 Å². The van der Waals surface area contributed by atoms with E-state index >= 15 is 0 Å². The predicted octanol–water partition coefficient (Wildman–Crippen LogP) is 2.89. The van der Waals surface area contributed by atoms with Gasteiger partial charge in [0.05, 0.1) is 0 Å². The van der Waals surface area contributed by atoms with Crippen LogP contribution in [-0.4, -0.2) is 17.4 Å². The van der Waals surface area contributed by atoms with Crippen LogP contribution in [0.1, 0.15) is 33.9 Å². The molecule has 2 N–H and O–H groups in total. The minimum absolute atomic E-state index is 0.0109. The number of fused-ring (bicyclic) bond motifs is 1. The maximum absolute atomic E-state index is 12.7. The average Bonchev–Trinajstić information content (AvgIpc) is 2.54. The molecule has 0 saturated carbocycles. The maximum Gasteiger partial charge on any atom is 0.244 e. The van der Waals surface area contributed by atoms with Crippen molar-refractivity contribution in [3.63, 3.8) is 0 Å². The third-order valence-corrected chi connectivity index (χ3v) is 4.45. The van der Waals surface area contributed by atoms with E-state index < -0.39 is 6.04 Å². The third kappa shape index (κ3) is 2.77. The molecular weight excluding hydrogens is 272 g/mol. The quantitative estimate of drug-likeness (QED) is 0.925. The van der Waals surface area contributed by atoms with Crippen molar-refractivity contribution in [2.75, 3.05) is 6.54 Å². The summed E-state index contributed by atoms with van der Waals surface area (Å²) in [7, 11) is 0. The van der Waals surface area contributed by atoms with E-state index in [1.165, 1.54) is 22.3 Å². The summed E-state index contributed by atoms with van der Waals surface area (Å²) in [6.07, 6.45) is 0.908. The largest absolute Gasteiger partial charge is 0.336 e. The number of aryl methyl sites for hydroxylation is 2. The first-order valence-electron chi connectivity index (χ1n) is 7.74. The first-order valence-corrected chi connectivity index (χ1v) is 7.74. The molecule has 0 unspecified atom stereocenters. The van der Waals surface area contributed by atoms with Crippen LogP contribution in [0.15, 0.2) is 42.5 Å². The van der Waals surface area contributed by atoms with Gasteiger partial charge in [0.2, 0.25) is 5.91 Å². The molecule has 0 fully saturated rings. The Kier molecular flexibility index (Phi) is 3.99. The van der Waals surface area contributed by atoms with Crippen LogP contribution in [0.5, 0.6) is 0 Å². The fourth-order valence-electron chi connectivity index (χ4n) is 3.25. The minimum atomic E-state index is -0.575. The molecule has 3 nitrogen and oxygen atoms in total. The van der Waals surface area contributed by atoms with E-state index in [2.05, 4.69) is 26.0 Å². The number of hydrogen-bond acceptors (Lipinski definition) is 2. The van der Waals surface area contributed by atoms with Crippen LogP contribution < -0.4 is 5.73 Å². The molecule has 0 radical (unpaired) electrons. The number of hydrogen-bond donors (Lipinski definition) is 1. The molecule has 0 aliphatic carbocycles. The second kappa shape index (κ2) is 5.93. The van der Waals surface area contributed by atoms with Crippen molar-refractivity contribution < 1.29 is 4.79 Å². The predicted molar refractivity (Wildman–Crippen MR) is 88.4 cm³/mol. The second-order valence-electron chi connectivity index (χ2n) is 6.12. The molecule has 1 atom stereocenters. The fraction of sp³-hybridized carbons (Fsp3) is 0.316. The minimum Gasteiger partial charge on any atom is -0.336 e. The monoisotopic (exact) mass is 294 g/mol. The number of carbonyl (C=O) groups excluding carboxylic acids is 1. The molecule has 2 aromatic rings. The van der Waals surface area contributed by atoms with Crippen LogP contribution in [0.25, 0.3) is 0 Å². The Labute approximate surface area is 131 Å². The van der Waals surface area contributed by atoms with E-state index in [0.717, 1.165) is 18.5 Å². The molecular formula is C19H22N2O. The van der Waals surface area contributed by atoms with Crippen LogP contribution in [0.2, 0.25) is 0 Å². The van der Waals surface area contributed by atoms with Gasteiger partial charge >= 0.3 is 0 Å². The Hall–Kier alpha value is -2.13. The van der Waals surface area contributed by atoms with Gasteiger partial charge in [-0.1, -0.05) is 48.0 Å². The summed E-state index contributed by atoms with van der Waals surface area (Å²) in [6.45, 7) is 5.66. The van der Waals surface area contributed by atoms with Crippen molar-refractivity contribution in [1.82, 2.24) is 4.90 Å². The molecule has 0 aromatic heterocycles. The van der Waals surface area contributed by atoms with Gasteiger partial charge in [-0.15, -0.1) is 0 Å². The van der Waals surface area contributed by atoms with Crippen molar-refractivity contribution in [3.05, 3.63) is 70.3 Å². The van der Waals surface area contributed by atoms with E-state index in [1.807, 2.05) is 35.2 Å². The van der Waals surface area contributed by atoms with Crippen LogP contribution in [0, 0.1) is 13.8 Å². The molecule has 3 rings (SSSR count). The molecule has 114 valence electrons. The lowest BCUT2D eigenvalue weighted by molar-refractivity contribution is -0.133. The summed E-state index contributed by atoms with van der Waals surface area (Å²) in [5, 5.41) is 0. The van der Waals surface area contributed by atoms with Crippen LogP contribution in [0.4, 0.5) is 0 Å². The van der Waals surface area contributed by atoms with Gasteiger partial charge in [0, 0.05) is 13.1 Å². The lowest BCUT2D eigenvalue weighted by Gasteiger charge is -2.32. The molecule has 0 bridgehead atoms. The molecule has 1 aliphatic heterocycles. The lowest BCUT2D eigenvalue weighted by atomic mass is 9.93. The van der Waals surface area contributed by atoms with E-state index in [0.29, 0.717) is 6.54 Å². The van der Waals surface area contributed by atoms with Crippen molar-refractivity contribution in [1.29, 1.82) is 0 Å². The Morgan fingerprint density at radius 2 is 1.91 bits per heavy atom. The molecule has 1 aliphatic rings. The molecule has 0 spiro atoms. The van der Waals surface area contributed by atoms with Gasteiger partial charge in [0.25, 0.3) is 0 Å². The van der Waals surface area contributed by atoms with Crippen LogP contribution in [-0.2, 0) is 17.8 Å². The van der Waals surface area contributed by atoms with Crippen molar-refractivity contribution >= 4 is 5.91 Å². The topological polar surface area (TPSA) is 46.3 Å². The number of rotatable bonds is 2. The van der Waals surface area contributed by atoms with Crippen molar-refractivity contribution in [3.8, 4) is 0 Å². The number of nitrogens with two attached hydrogens (primary N) is 1. The first-order chi connectivity index (χ1) is 10.6. The van der Waals surface area contributed by atoms with Crippen LogP contribution >= 0.6 is 0 Å². The highest BCUT2D eigenvalue weighted by molar-refractivity contribution is 5.83. The Morgan fingerprint density at radius 3 is 2.64 bits per heavy atom. The third-order valence-electron chi connectivity index (χ3n) is 4.45. The van der Waals surface area contributed by atoms with E-state index in [4.69, 9.17) is 5.73 Å². The summed E-state index contributed by atoms with van der Waals surface area (Å²) < 4.78 is 0. The Balaban J connectivity index is 1.81. The Morgan fingerprint density at radius 1 is 1.18 bits per heavy atom. The number of carbonyl (C=O) groups is 1. The first kappa shape index (κ1) is 14.8. The second-order valence-corrected chi connectivity index (χ2v) is 6.12. The summed E-state index contributed by atoms with van der Waals surface area (Å²) in [4.78, 5) is 14.6. The normalized spacial score (nSPS) is 15.3. The zero-order valence-corrected chi connectivity index (χ0v) is 13.2. The molecule has 3 heteroatoms. The van der Waals surface area contributed by atoms with Crippen molar-refractivity contribution in [2.24, 2.45) is 5.73 Å². The standard InChI is InChI=1S/C19H22N2O/c1-13-10-14(2)17-12-21(9-8-16(17)11-13)19(22)18(20)15-6-4-3-5-7-15/h3-7,10-11,18H,8-9,12,20H2,1-2H3/t18-/m1/s1. The Bertz CT molecular complexity index is 694. The highest BCUT2D eigenvalue weighted by atomic mass is 16.2. The molecule has 1 amide bonds. The van der Waals surface area contributed by atoms with Gasteiger partial charge in [-0.25, -0.2) is 0 Å². The van der Waals surface area contributed by atoms with Gasteiger partial charge in [0.1, 0.15) is 6.04 Å². The molecule has 0 saturated heterocycles. The SMILES string of the molecule is Cc1cc(C)c2c(c1)CCN(C(=O)[C@H](N)c1ccccc1)C2. The van der Waals surface area contributed by atoms with Gasteiger partial charge in [-0.3, -0.25) is 4.79 Å². The summed E-state index contributed by atoms with van der Waals surface area (Å²) in [5.74, 6) is 0.0109. The van der Waals surface area contributed by atoms with Gasteiger partial charge in [-0.2, -0.15) is 0 Å². The van der Waals surface area contributed by atoms with E-state index in [9.17, 15) is 4.79 Å². The number of benzene rings is 2. The molecule has 22 heavy (non-hydrogen) atoms. The number of nitrogens with zero attached hydrogens (tertiary/aromatic N) is 1. The van der Waals surface area contributed by atoms with E-state index in [-0.39, 0.29) is 5.91 Å². The summed E-state index contributed by atoms with van der Waals surface area (Å²) >= 11 is 0. The van der Waals surface area contributed by atoms with Crippen LogP contribution in [0.3, 0.4) is 0 Å². The van der Waals surface area contributed by atoms with E-state index in [1.54, 1.807) is 0 Å². The zero-order chi connectivity index (χ0) is 15.7. The highest BCUT2D eigenvalue weighted by Gasteiger charge is 2.26. The number of amides is 1. The fourth-order valence-corrected chi connectivity index (χ4v) is 3.25. The zero-order valence-electron chi connectivity index (χ0n) is 13.2. The van der Waals surface area contributed by atoms with Crippen molar-refractivity contribution in [2.45, 2.75) is 32.9 Å². The highest BCUT2D eigenvalue weighted by Crippen LogP contribution is 2.25. The summed E-state index contributed by atoms with van der Waals surface area (Å²) in [6, 6.07) is 13.4. The average molecular weight is 294 g/mol. The van der Waals surface area contributed by atoms with Gasteiger partial charge in [-0.05, 0) is 42.5 Å². The summed E-state index contributed by atoms with van der Waals surface area (Å²) in [5.41, 5.74) is 12.2. The smallest absolute Gasteiger partial charge is 0.244 e. The van der Waals surface area contributed by atoms with Gasteiger partial charge < -0.3 is 10.6 Å². The maximum atomic E-state index is 12.7. The lowest BCUT2D eigenvalue weighted by Crippen LogP contribution is -2.41.